The van der Waals surface area contributed by atoms with Crippen LogP contribution in [0.5, 0.6) is 0 Å². The summed E-state index contributed by atoms with van der Waals surface area (Å²) in [5.74, 6) is 0. The van der Waals surface area contributed by atoms with Crippen LogP contribution in [0, 0.1) is 0 Å². The Balaban J connectivity index is 2.74. The number of hydrogen-bond acceptors (Lipinski definition) is 2. The van der Waals surface area contributed by atoms with Crippen LogP contribution in [0.2, 0.25) is 4.34 Å². The van der Waals surface area contributed by atoms with Gasteiger partial charge in [-0.2, -0.15) is 13.2 Å². The predicted octanol–water partition coefficient (Wildman–Crippen LogP) is 4.00. The van der Waals surface area contributed by atoms with Crippen molar-refractivity contribution in [3.05, 3.63) is 21.3 Å². The lowest BCUT2D eigenvalue weighted by Gasteiger charge is -2.17. The lowest BCUT2D eigenvalue weighted by atomic mass is 10.1. The van der Waals surface area contributed by atoms with Crippen LogP contribution in [0.1, 0.15) is 24.3 Å². The Morgan fingerprint density at radius 2 is 2.13 bits per heavy atom. The number of halogens is 4. The van der Waals surface area contributed by atoms with Crippen molar-refractivity contribution in [2.24, 2.45) is 0 Å². The van der Waals surface area contributed by atoms with Gasteiger partial charge >= 0.3 is 6.18 Å². The van der Waals surface area contributed by atoms with Crippen molar-refractivity contribution in [2.75, 3.05) is 6.54 Å². The van der Waals surface area contributed by atoms with Crippen molar-refractivity contribution in [3.63, 3.8) is 0 Å². The van der Waals surface area contributed by atoms with Gasteiger partial charge in [-0.1, -0.05) is 18.5 Å². The Kier molecular flexibility index (Phi) is 4.43. The summed E-state index contributed by atoms with van der Waals surface area (Å²) < 4.78 is 37.3. The molecule has 0 aliphatic heterocycles. The molecule has 0 spiro atoms. The van der Waals surface area contributed by atoms with Gasteiger partial charge in [0.25, 0.3) is 0 Å². The molecular weight excluding hydrogens is 247 g/mol. The summed E-state index contributed by atoms with van der Waals surface area (Å²) in [5, 5.41) is 2.80. The molecule has 1 N–H and O–H groups in total. The molecule has 0 aliphatic rings. The SMILES string of the molecule is CCNC(CC(F)(F)F)c1ccc(Cl)s1. The first-order valence-corrected chi connectivity index (χ1v) is 5.67. The van der Waals surface area contributed by atoms with Crippen LogP contribution in [-0.4, -0.2) is 12.7 Å². The van der Waals surface area contributed by atoms with Crippen molar-refractivity contribution in [1.82, 2.24) is 5.32 Å². The van der Waals surface area contributed by atoms with Crippen LogP contribution in [0.15, 0.2) is 12.1 Å². The number of rotatable bonds is 4. The summed E-state index contributed by atoms with van der Waals surface area (Å²) in [4.78, 5) is 0.624. The fraction of sp³-hybridized carbons (Fsp3) is 0.556. The fourth-order valence-electron chi connectivity index (χ4n) is 1.27. The molecule has 6 heteroatoms. The number of nitrogens with one attached hydrogen (secondary N) is 1. The lowest BCUT2D eigenvalue weighted by Crippen LogP contribution is -2.25. The molecule has 0 amide bonds. The Hall–Kier alpha value is -0.260. The molecule has 0 aromatic carbocycles. The number of thiophene rings is 1. The Morgan fingerprint density at radius 3 is 2.53 bits per heavy atom. The smallest absolute Gasteiger partial charge is 0.309 e. The molecule has 0 saturated carbocycles. The summed E-state index contributed by atoms with van der Waals surface area (Å²) in [7, 11) is 0. The third-order valence-corrected chi connectivity index (χ3v) is 3.17. The minimum atomic E-state index is -4.16. The van der Waals surface area contributed by atoms with Crippen molar-refractivity contribution in [3.8, 4) is 0 Å². The molecule has 1 unspecified atom stereocenters. The molecule has 86 valence electrons. The van der Waals surface area contributed by atoms with E-state index in [1.165, 1.54) is 11.3 Å². The van der Waals surface area contributed by atoms with Gasteiger partial charge in [-0.25, -0.2) is 0 Å². The van der Waals surface area contributed by atoms with Gasteiger partial charge in [-0.3, -0.25) is 0 Å². The van der Waals surface area contributed by atoms with E-state index in [0.717, 1.165) is 0 Å². The molecule has 0 radical (unpaired) electrons. The number of hydrogen-bond donors (Lipinski definition) is 1. The molecule has 1 atom stereocenters. The van der Waals surface area contributed by atoms with Crippen molar-refractivity contribution < 1.29 is 13.2 Å². The molecule has 1 aromatic heterocycles. The van der Waals surface area contributed by atoms with Gasteiger partial charge in [0, 0.05) is 4.88 Å². The molecule has 0 fully saturated rings. The lowest BCUT2D eigenvalue weighted by molar-refractivity contribution is -0.140. The third-order valence-electron chi connectivity index (χ3n) is 1.82. The molecule has 15 heavy (non-hydrogen) atoms. The first-order chi connectivity index (χ1) is 6.92. The Bertz CT molecular complexity index is 311. The first-order valence-electron chi connectivity index (χ1n) is 4.47. The maximum absolute atomic E-state index is 12.3. The Morgan fingerprint density at radius 1 is 1.47 bits per heavy atom. The molecule has 1 rings (SSSR count). The summed E-state index contributed by atoms with van der Waals surface area (Å²) in [6.07, 6.45) is -5.03. The molecule has 1 nitrogen and oxygen atoms in total. The molecular formula is C9H11ClF3NS. The van der Waals surface area contributed by atoms with Gasteiger partial charge in [0.05, 0.1) is 16.8 Å². The van der Waals surface area contributed by atoms with Crippen molar-refractivity contribution in [2.45, 2.75) is 25.6 Å². The van der Waals surface area contributed by atoms with Crippen LogP contribution in [-0.2, 0) is 0 Å². The molecule has 1 aromatic rings. The van der Waals surface area contributed by atoms with E-state index in [4.69, 9.17) is 11.6 Å². The monoisotopic (exact) mass is 257 g/mol. The van der Waals surface area contributed by atoms with Gasteiger partial charge in [-0.05, 0) is 18.7 Å². The molecule has 1 heterocycles. The van der Waals surface area contributed by atoms with Crippen molar-refractivity contribution in [1.29, 1.82) is 0 Å². The summed E-state index contributed by atoms with van der Waals surface area (Å²) in [5.41, 5.74) is 0. The fourth-order valence-corrected chi connectivity index (χ4v) is 2.40. The van der Waals surface area contributed by atoms with Crippen molar-refractivity contribution >= 4 is 22.9 Å². The zero-order valence-electron chi connectivity index (χ0n) is 8.07. The van der Waals surface area contributed by atoms with E-state index in [1.807, 2.05) is 0 Å². The minimum Gasteiger partial charge on any atom is -0.309 e. The largest absolute Gasteiger partial charge is 0.390 e. The minimum absolute atomic E-state index is 0.496. The van der Waals surface area contributed by atoms with E-state index in [0.29, 0.717) is 15.8 Å². The number of alkyl halides is 3. The zero-order chi connectivity index (χ0) is 11.5. The Labute approximate surface area is 95.2 Å². The van der Waals surface area contributed by atoms with Gasteiger partial charge in [0.15, 0.2) is 0 Å². The highest BCUT2D eigenvalue weighted by molar-refractivity contribution is 7.16. The van der Waals surface area contributed by atoms with Gasteiger partial charge in [0.2, 0.25) is 0 Å². The summed E-state index contributed by atoms with van der Waals surface area (Å²) in [6.45, 7) is 2.27. The highest BCUT2D eigenvalue weighted by Crippen LogP contribution is 2.34. The van der Waals surface area contributed by atoms with Gasteiger partial charge in [0.1, 0.15) is 0 Å². The van der Waals surface area contributed by atoms with Crippen LogP contribution in [0.4, 0.5) is 13.2 Å². The van der Waals surface area contributed by atoms with Crippen LogP contribution in [0.25, 0.3) is 0 Å². The second-order valence-corrected chi connectivity index (χ2v) is 4.82. The van der Waals surface area contributed by atoms with Crippen LogP contribution >= 0.6 is 22.9 Å². The second kappa shape index (κ2) is 5.18. The third kappa shape index (κ3) is 4.40. The predicted molar refractivity (Wildman–Crippen MR) is 56.4 cm³/mol. The van der Waals surface area contributed by atoms with E-state index >= 15 is 0 Å². The van der Waals surface area contributed by atoms with Crippen LogP contribution in [0.3, 0.4) is 0 Å². The average molecular weight is 258 g/mol. The van der Waals surface area contributed by atoms with E-state index in [2.05, 4.69) is 5.32 Å². The van der Waals surface area contributed by atoms with E-state index in [1.54, 1.807) is 19.1 Å². The molecule has 0 bridgehead atoms. The van der Waals surface area contributed by atoms with E-state index in [9.17, 15) is 13.2 Å². The maximum Gasteiger partial charge on any atom is 0.390 e. The van der Waals surface area contributed by atoms with E-state index < -0.39 is 18.6 Å². The average Bonchev–Trinajstić information content (AvgIpc) is 2.48. The van der Waals surface area contributed by atoms with Gasteiger partial charge in [-0.15, -0.1) is 11.3 Å². The molecule has 0 saturated heterocycles. The maximum atomic E-state index is 12.3. The van der Waals surface area contributed by atoms with Gasteiger partial charge < -0.3 is 5.32 Å². The highest BCUT2D eigenvalue weighted by atomic mass is 35.5. The van der Waals surface area contributed by atoms with E-state index in [-0.39, 0.29) is 0 Å². The molecule has 0 aliphatic carbocycles. The highest BCUT2D eigenvalue weighted by Gasteiger charge is 2.32. The normalized spacial score (nSPS) is 14.2. The quantitative estimate of drug-likeness (QED) is 0.860. The first kappa shape index (κ1) is 12.8. The zero-order valence-corrected chi connectivity index (χ0v) is 9.64. The topological polar surface area (TPSA) is 12.0 Å². The summed E-state index contributed by atoms with van der Waals surface area (Å²) in [6, 6.07) is 2.56. The second-order valence-electron chi connectivity index (χ2n) is 3.07. The summed E-state index contributed by atoms with van der Waals surface area (Å²) >= 11 is 6.86. The standard InChI is InChI=1S/C9H11ClF3NS/c1-2-14-6(5-9(11,12)13)7-3-4-8(10)15-7/h3-4,6,14H,2,5H2,1H3. The van der Waals surface area contributed by atoms with Crippen LogP contribution < -0.4 is 5.32 Å².